The molecule has 12 heavy (non-hydrogen) atoms. The summed E-state index contributed by atoms with van der Waals surface area (Å²) in [4.78, 5) is 0. The van der Waals surface area contributed by atoms with Gasteiger partial charge in [0, 0.05) is 0 Å². The van der Waals surface area contributed by atoms with E-state index in [1.807, 2.05) is 22.6 Å². The molecule has 1 rings (SSSR count). The van der Waals surface area contributed by atoms with E-state index in [1.54, 1.807) is 12.1 Å². The molecular formula is C7H6F2INO. The summed E-state index contributed by atoms with van der Waals surface area (Å²) in [5, 5.41) is 0. The molecule has 66 valence electrons. The lowest BCUT2D eigenvalue weighted by Gasteiger charge is -2.08. The summed E-state index contributed by atoms with van der Waals surface area (Å²) < 4.78 is 28.4. The average molecular weight is 285 g/mol. The molecule has 2 nitrogen and oxygen atoms in total. The number of hydrogen-bond acceptors (Lipinski definition) is 2. The van der Waals surface area contributed by atoms with Crippen molar-refractivity contribution >= 4 is 28.3 Å². The van der Waals surface area contributed by atoms with E-state index in [0.29, 0.717) is 3.57 Å². The van der Waals surface area contributed by atoms with E-state index in [9.17, 15) is 8.78 Å². The first-order chi connectivity index (χ1) is 5.61. The van der Waals surface area contributed by atoms with Crippen molar-refractivity contribution in [3.63, 3.8) is 0 Å². The Hall–Kier alpha value is -0.590. The monoisotopic (exact) mass is 285 g/mol. The molecular weight excluding hydrogens is 279 g/mol. The number of nitrogen functional groups attached to an aromatic ring is 1. The van der Waals surface area contributed by atoms with Crippen molar-refractivity contribution in [2.45, 2.75) is 6.61 Å². The second-order valence-corrected chi connectivity index (χ2v) is 3.20. The molecule has 0 fully saturated rings. The van der Waals surface area contributed by atoms with Crippen LogP contribution < -0.4 is 10.5 Å². The molecule has 0 spiro atoms. The summed E-state index contributed by atoms with van der Waals surface area (Å²) in [6, 6.07) is 4.84. The van der Waals surface area contributed by atoms with E-state index in [2.05, 4.69) is 4.74 Å². The highest BCUT2D eigenvalue weighted by Gasteiger charge is 2.10. The lowest BCUT2D eigenvalue weighted by molar-refractivity contribution is -0.0499. The van der Waals surface area contributed by atoms with Crippen molar-refractivity contribution in [3.8, 4) is 5.75 Å². The van der Waals surface area contributed by atoms with Crippen molar-refractivity contribution in [2.75, 3.05) is 5.73 Å². The Morgan fingerprint density at radius 3 is 2.58 bits per heavy atom. The fourth-order valence-corrected chi connectivity index (χ4v) is 1.39. The van der Waals surface area contributed by atoms with Crippen LogP contribution in [0.1, 0.15) is 0 Å². The van der Waals surface area contributed by atoms with Gasteiger partial charge in [-0.1, -0.05) is 6.07 Å². The van der Waals surface area contributed by atoms with Crippen LogP contribution in [0, 0.1) is 3.57 Å². The maximum absolute atomic E-state index is 11.8. The molecule has 0 aromatic heterocycles. The number of benzene rings is 1. The van der Waals surface area contributed by atoms with Gasteiger partial charge < -0.3 is 10.5 Å². The zero-order valence-electron chi connectivity index (χ0n) is 5.93. The SMILES string of the molecule is Nc1cccc(I)c1OC(F)F. The Labute approximate surface area is 81.8 Å². The number of para-hydroxylation sites is 1. The number of alkyl halides is 2. The highest BCUT2D eigenvalue weighted by Crippen LogP contribution is 2.28. The molecule has 0 aliphatic heterocycles. The summed E-state index contributed by atoms with van der Waals surface area (Å²) in [5.74, 6) is 0.0492. The number of rotatable bonds is 2. The Morgan fingerprint density at radius 1 is 1.42 bits per heavy atom. The molecule has 0 saturated carbocycles. The second-order valence-electron chi connectivity index (χ2n) is 2.04. The fourth-order valence-electron chi connectivity index (χ4n) is 0.739. The van der Waals surface area contributed by atoms with Gasteiger partial charge in [-0.3, -0.25) is 0 Å². The minimum atomic E-state index is -2.83. The lowest BCUT2D eigenvalue weighted by atomic mass is 10.3. The summed E-state index contributed by atoms with van der Waals surface area (Å²) in [6.45, 7) is -2.83. The average Bonchev–Trinajstić information content (AvgIpc) is 1.97. The van der Waals surface area contributed by atoms with Gasteiger partial charge in [0.2, 0.25) is 0 Å². The van der Waals surface area contributed by atoms with E-state index in [-0.39, 0.29) is 11.4 Å². The van der Waals surface area contributed by atoms with Gasteiger partial charge >= 0.3 is 6.61 Å². The first-order valence-corrected chi connectivity index (χ1v) is 4.18. The molecule has 1 aromatic rings. The Kier molecular flexibility index (Phi) is 3.07. The third kappa shape index (κ3) is 2.20. The largest absolute Gasteiger partial charge is 0.431 e. The van der Waals surface area contributed by atoms with Crippen molar-refractivity contribution in [2.24, 2.45) is 0 Å². The van der Waals surface area contributed by atoms with Gasteiger partial charge in [-0.25, -0.2) is 0 Å². The van der Waals surface area contributed by atoms with Crippen molar-refractivity contribution < 1.29 is 13.5 Å². The first kappa shape index (κ1) is 9.50. The second kappa shape index (κ2) is 3.88. The molecule has 0 aliphatic rings. The Morgan fingerprint density at radius 2 is 2.08 bits per heavy atom. The first-order valence-electron chi connectivity index (χ1n) is 3.10. The van der Waals surface area contributed by atoms with Gasteiger partial charge in [0.05, 0.1) is 9.26 Å². The van der Waals surface area contributed by atoms with Crippen LogP contribution in [0.2, 0.25) is 0 Å². The van der Waals surface area contributed by atoms with Gasteiger partial charge in [-0.05, 0) is 34.7 Å². The molecule has 0 aliphatic carbocycles. The number of halogens is 3. The Balaban J connectivity index is 2.96. The summed E-state index contributed by atoms with van der Waals surface area (Å²) in [5.41, 5.74) is 5.63. The van der Waals surface area contributed by atoms with Gasteiger partial charge in [0.15, 0.2) is 5.75 Å². The van der Waals surface area contributed by atoms with Crippen LogP contribution in [0.4, 0.5) is 14.5 Å². The van der Waals surface area contributed by atoms with Crippen LogP contribution in [0.25, 0.3) is 0 Å². The molecule has 0 heterocycles. The zero-order chi connectivity index (χ0) is 9.14. The highest BCUT2D eigenvalue weighted by molar-refractivity contribution is 14.1. The minimum Gasteiger partial charge on any atom is -0.431 e. The predicted octanol–water partition coefficient (Wildman–Crippen LogP) is 2.47. The van der Waals surface area contributed by atoms with Crippen LogP contribution in [-0.4, -0.2) is 6.61 Å². The van der Waals surface area contributed by atoms with Crippen LogP contribution >= 0.6 is 22.6 Å². The number of anilines is 1. The van der Waals surface area contributed by atoms with Gasteiger partial charge in [-0.15, -0.1) is 0 Å². The van der Waals surface area contributed by atoms with Crippen LogP contribution in [0.15, 0.2) is 18.2 Å². The normalized spacial score (nSPS) is 10.3. The highest BCUT2D eigenvalue weighted by atomic mass is 127. The Bertz CT molecular complexity index is 260. The summed E-state index contributed by atoms with van der Waals surface area (Å²) in [6.07, 6.45) is 0. The van der Waals surface area contributed by atoms with Crippen LogP contribution in [0.3, 0.4) is 0 Å². The van der Waals surface area contributed by atoms with E-state index in [1.165, 1.54) is 6.07 Å². The van der Waals surface area contributed by atoms with Crippen LogP contribution in [0.5, 0.6) is 5.75 Å². The van der Waals surface area contributed by atoms with E-state index in [0.717, 1.165) is 0 Å². The topological polar surface area (TPSA) is 35.2 Å². The maximum Gasteiger partial charge on any atom is 0.387 e. The van der Waals surface area contributed by atoms with Crippen molar-refractivity contribution in [3.05, 3.63) is 21.8 Å². The van der Waals surface area contributed by atoms with Crippen molar-refractivity contribution in [1.29, 1.82) is 0 Å². The van der Waals surface area contributed by atoms with Gasteiger partial charge in [0.25, 0.3) is 0 Å². The van der Waals surface area contributed by atoms with E-state index < -0.39 is 6.61 Å². The minimum absolute atomic E-state index is 0.0492. The standard InChI is InChI=1S/C7H6F2INO/c8-7(9)12-6-4(10)2-1-3-5(6)11/h1-3,7H,11H2. The molecule has 0 radical (unpaired) electrons. The molecule has 0 amide bonds. The summed E-state index contributed by atoms with van der Waals surface area (Å²) in [7, 11) is 0. The quantitative estimate of drug-likeness (QED) is 0.669. The molecule has 2 N–H and O–H groups in total. The predicted molar refractivity (Wildman–Crippen MR) is 50.2 cm³/mol. The molecule has 0 unspecified atom stereocenters. The van der Waals surface area contributed by atoms with E-state index >= 15 is 0 Å². The fraction of sp³-hybridized carbons (Fsp3) is 0.143. The van der Waals surface area contributed by atoms with Gasteiger partial charge in [-0.2, -0.15) is 8.78 Å². The van der Waals surface area contributed by atoms with Gasteiger partial charge in [0.1, 0.15) is 0 Å². The maximum atomic E-state index is 11.8. The van der Waals surface area contributed by atoms with Crippen molar-refractivity contribution in [1.82, 2.24) is 0 Å². The number of ether oxygens (including phenoxy) is 1. The third-order valence-electron chi connectivity index (χ3n) is 1.20. The number of hydrogen-bond donors (Lipinski definition) is 1. The lowest BCUT2D eigenvalue weighted by Crippen LogP contribution is -2.05. The smallest absolute Gasteiger partial charge is 0.387 e. The molecule has 0 atom stereocenters. The molecule has 0 bridgehead atoms. The molecule has 5 heteroatoms. The molecule has 0 saturated heterocycles. The van der Waals surface area contributed by atoms with E-state index in [4.69, 9.17) is 5.73 Å². The number of nitrogens with two attached hydrogens (primary N) is 1. The zero-order valence-corrected chi connectivity index (χ0v) is 8.09. The van der Waals surface area contributed by atoms with Crippen LogP contribution in [-0.2, 0) is 0 Å². The molecule has 1 aromatic carbocycles. The third-order valence-corrected chi connectivity index (χ3v) is 2.05. The summed E-state index contributed by atoms with van der Waals surface area (Å²) >= 11 is 1.88.